The van der Waals surface area contributed by atoms with Gasteiger partial charge in [-0.05, 0) is 32.4 Å². The minimum atomic E-state index is 0.655. The number of rotatable bonds is 2. The summed E-state index contributed by atoms with van der Waals surface area (Å²) >= 11 is 0. The van der Waals surface area contributed by atoms with E-state index >= 15 is 0 Å². The van der Waals surface area contributed by atoms with Crippen LogP contribution in [-0.4, -0.2) is 34.2 Å². The predicted molar refractivity (Wildman–Crippen MR) is 80.8 cm³/mol. The summed E-state index contributed by atoms with van der Waals surface area (Å²) < 4.78 is 3.64. The van der Waals surface area contributed by atoms with Gasteiger partial charge in [-0.1, -0.05) is 6.07 Å². The smallest absolute Gasteiger partial charge is 0.176 e. The summed E-state index contributed by atoms with van der Waals surface area (Å²) in [5.41, 5.74) is 4.74. The van der Waals surface area contributed by atoms with E-state index in [9.17, 15) is 0 Å². The Morgan fingerprint density at radius 2 is 1.91 bits per heavy atom. The predicted octanol–water partition coefficient (Wildman–Crippen LogP) is 1.68. The Bertz CT molecular complexity index is 996. The number of aryl methyl sites for hydroxylation is 3. The van der Waals surface area contributed by atoms with Crippen molar-refractivity contribution in [3.63, 3.8) is 0 Å². The van der Waals surface area contributed by atoms with Gasteiger partial charge in [0.05, 0.1) is 5.69 Å². The number of hydrogen-bond donors (Lipinski definition) is 0. The molecular weight excluding hydrogens is 278 g/mol. The molecule has 0 atom stereocenters. The maximum atomic E-state index is 4.58. The number of nitrogens with zero attached hydrogens (tertiary/aromatic N) is 7. The number of hydrogen-bond acceptors (Lipinski definition) is 5. The van der Waals surface area contributed by atoms with Gasteiger partial charge in [0.2, 0.25) is 0 Å². The van der Waals surface area contributed by atoms with Gasteiger partial charge in [-0.25, -0.2) is 19.0 Å². The molecule has 110 valence electrons. The summed E-state index contributed by atoms with van der Waals surface area (Å²) in [7, 11) is 0. The van der Waals surface area contributed by atoms with Crippen LogP contribution in [0.3, 0.4) is 0 Å². The molecular formula is C15H15N7. The van der Waals surface area contributed by atoms with Crippen LogP contribution in [-0.2, 0) is 6.42 Å². The van der Waals surface area contributed by atoms with Crippen LogP contribution in [0.4, 0.5) is 0 Å². The Hall–Kier alpha value is -2.83. The van der Waals surface area contributed by atoms with E-state index in [1.165, 1.54) is 0 Å². The maximum Gasteiger partial charge on any atom is 0.176 e. The minimum Gasteiger partial charge on any atom is -0.256 e. The lowest BCUT2D eigenvalue weighted by molar-refractivity contribution is 0.851. The van der Waals surface area contributed by atoms with Gasteiger partial charge >= 0.3 is 0 Å². The Morgan fingerprint density at radius 3 is 2.73 bits per heavy atom. The van der Waals surface area contributed by atoms with Crippen LogP contribution in [0, 0.1) is 20.8 Å². The fraction of sp³-hybridized carbons (Fsp3) is 0.267. The SMILES string of the molecule is Cc1nc2ccc(Cc3nc4c(C)nccn4n3)c(C)n2n1. The standard InChI is InChI=1S/C15H15N7/c1-9-15-18-13(20-21(15)7-6-16-9)8-12-4-5-14-17-11(3)19-22(14)10(12)2/h4-7H,8H2,1-3H3. The Balaban J connectivity index is 1.78. The first-order valence-corrected chi connectivity index (χ1v) is 7.10. The van der Waals surface area contributed by atoms with E-state index in [1.807, 2.05) is 37.5 Å². The molecule has 0 aliphatic rings. The second kappa shape index (κ2) is 4.59. The van der Waals surface area contributed by atoms with E-state index in [4.69, 9.17) is 0 Å². The topological polar surface area (TPSA) is 73.3 Å². The monoisotopic (exact) mass is 293 g/mol. The highest BCUT2D eigenvalue weighted by atomic mass is 15.3. The van der Waals surface area contributed by atoms with Gasteiger partial charge in [0.25, 0.3) is 0 Å². The van der Waals surface area contributed by atoms with Crippen molar-refractivity contribution in [2.24, 2.45) is 0 Å². The average molecular weight is 293 g/mol. The molecule has 22 heavy (non-hydrogen) atoms. The summed E-state index contributed by atoms with van der Waals surface area (Å²) in [4.78, 5) is 13.2. The normalized spacial score (nSPS) is 11.6. The van der Waals surface area contributed by atoms with Crippen molar-refractivity contribution in [1.29, 1.82) is 0 Å². The molecule has 4 aromatic rings. The van der Waals surface area contributed by atoms with Crippen molar-refractivity contribution < 1.29 is 0 Å². The summed E-state index contributed by atoms with van der Waals surface area (Å²) in [6, 6.07) is 4.04. The van der Waals surface area contributed by atoms with Crippen molar-refractivity contribution in [2.45, 2.75) is 27.2 Å². The lowest BCUT2D eigenvalue weighted by Gasteiger charge is -2.04. The molecule has 0 aliphatic carbocycles. The summed E-state index contributed by atoms with van der Waals surface area (Å²) in [6.45, 7) is 5.87. The zero-order valence-corrected chi connectivity index (χ0v) is 12.6. The van der Waals surface area contributed by atoms with E-state index in [-0.39, 0.29) is 0 Å². The van der Waals surface area contributed by atoms with Crippen molar-refractivity contribution in [3.05, 3.63) is 53.1 Å². The van der Waals surface area contributed by atoms with Gasteiger partial charge < -0.3 is 0 Å². The van der Waals surface area contributed by atoms with Gasteiger partial charge in [0, 0.05) is 24.5 Å². The second-order valence-corrected chi connectivity index (χ2v) is 5.36. The third-order valence-corrected chi connectivity index (χ3v) is 3.78. The lowest BCUT2D eigenvalue weighted by Crippen LogP contribution is -2.01. The van der Waals surface area contributed by atoms with E-state index in [2.05, 4.69) is 31.2 Å². The molecule has 0 N–H and O–H groups in total. The second-order valence-electron chi connectivity index (χ2n) is 5.36. The molecule has 0 spiro atoms. The van der Waals surface area contributed by atoms with E-state index in [0.29, 0.717) is 6.42 Å². The van der Waals surface area contributed by atoms with E-state index < -0.39 is 0 Å². The first-order valence-electron chi connectivity index (χ1n) is 7.10. The molecule has 7 nitrogen and oxygen atoms in total. The van der Waals surface area contributed by atoms with Crippen LogP contribution in [0.1, 0.15) is 28.6 Å². The van der Waals surface area contributed by atoms with Crippen LogP contribution in [0.2, 0.25) is 0 Å². The van der Waals surface area contributed by atoms with Gasteiger partial charge in [0.1, 0.15) is 5.82 Å². The Kier molecular flexibility index (Phi) is 2.69. The van der Waals surface area contributed by atoms with E-state index in [1.54, 1.807) is 10.7 Å². The number of fused-ring (bicyclic) bond motifs is 2. The van der Waals surface area contributed by atoms with Gasteiger partial charge in [-0.2, -0.15) is 10.2 Å². The molecule has 0 aromatic carbocycles. The first kappa shape index (κ1) is 12.9. The zero-order valence-electron chi connectivity index (χ0n) is 12.6. The third-order valence-electron chi connectivity index (χ3n) is 3.78. The largest absolute Gasteiger partial charge is 0.256 e. The molecule has 0 bridgehead atoms. The van der Waals surface area contributed by atoms with Gasteiger partial charge in [-0.15, -0.1) is 0 Å². The number of aromatic nitrogens is 7. The Morgan fingerprint density at radius 1 is 1.05 bits per heavy atom. The molecule has 4 heterocycles. The molecule has 0 radical (unpaired) electrons. The molecule has 0 fully saturated rings. The summed E-state index contributed by atoms with van der Waals surface area (Å²) in [5, 5.41) is 8.94. The molecule has 4 rings (SSSR count). The van der Waals surface area contributed by atoms with Crippen molar-refractivity contribution in [2.75, 3.05) is 0 Å². The van der Waals surface area contributed by atoms with Crippen molar-refractivity contribution >= 4 is 11.3 Å². The zero-order chi connectivity index (χ0) is 15.3. The quantitative estimate of drug-likeness (QED) is 0.562. The van der Waals surface area contributed by atoms with Gasteiger partial charge in [0.15, 0.2) is 17.1 Å². The van der Waals surface area contributed by atoms with Crippen LogP contribution in [0.25, 0.3) is 11.3 Å². The highest BCUT2D eigenvalue weighted by molar-refractivity contribution is 5.44. The van der Waals surface area contributed by atoms with E-state index in [0.717, 1.165) is 39.9 Å². The van der Waals surface area contributed by atoms with Crippen LogP contribution < -0.4 is 0 Å². The highest BCUT2D eigenvalue weighted by Crippen LogP contribution is 2.15. The molecule has 0 saturated heterocycles. The minimum absolute atomic E-state index is 0.655. The summed E-state index contributed by atoms with van der Waals surface area (Å²) in [5.74, 6) is 1.54. The molecule has 0 aliphatic heterocycles. The van der Waals surface area contributed by atoms with Gasteiger partial charge in [-0.3, -0.25) is 4.98 Å². The molecule has 0 unspecified atom stereocenters. The van der Waals surface area contributed by atoms with Crippen molar-refractivity contribution in [3.8, 4) is 0 Å². The van der Waals surface area contributed by atoms with Crippen LogP contribution in [0.5, 0.6) is 0 Å². The highest BCUT2D eigenvalue weighted by Gasteiger charge is 2.11. The molecule has 7 heteroatoms. The average Bonchev–Trinajstić information content (AvgIpc) is 3.06. The number of pyridine rings is 1. The summed E-state index contributed by atoms with van der Waals surface area (Å²) in [6.07, 6.45) is 4.20. The van der Waals surface area contributed by atoms with Crippen LogP contribution >= 0.6 is 0 Å². The third kappa shape index (κ3) is 1.93. The molecule has 0 saturated carbocycles. The maximum absolute atomic E-state index is 4.58. The molecule has 0 amide bonds. The van der Waals surface area contributed by atoms with Crippen LogP contribution in [0.15, 0.2) is 24.5 Å². The fourth-order valence-electron chi connectivity index (χ4n) is 2.63. The Labute approximate surface area is 126 Å². The first-order chi connectivity index (χ1) is 10.6. The van der Waals surface area contributed by atoms with Crippen molar-refractivity contribution in [1.82, 2.24) is 34.2 Å². The molecule has 4 aromatic heterocycles. The lowest BCUT2D eigenvalue weighted by atomic mass is 10.1. The fourth-order valence-corrected chi connectivity index (χ4v) is 2.63.